The number of halogens is 1. The van der Waals surface area contributed by atoms with Gasteiger partial charge in [-0.2, -0.15) is 0 Å². The summed E-state index contributed by atoms with van der Waals surface area (Å²) in [6.45, 7) is 2.25. The Morgan fingerprint density at radius 2 is 1.92 bits per heavy atom. The fraction of sp³-hybridized carbons (Fsp3) is 0.556. The van der Waals surface area contributed by atoms with E-state index in [0.29, 0.717) is 35.5 Å². The van der Waals surface area contributed by atoms with Crippen LogP contribution in [-0.2, 0) is 6.54 Å². The van der Waals surface area contributed by atoms with E-state index < -0.39 is 17.1 Å². The Kier molecular flexibility index (Phi) is 3.05. The molecule has 1 aliphatic heterocycles. The molecule has 0 radical (unpaired) electrons. The normalized spacial score (nSPS) is 24.6. The van der Waals surface area contributed by atoms with Crippen LogP contribution in [0, 0.1) is 23.6 Å². The average molecular weight is 345 g/mol. The van der Waals surface area contributed by atoms with Crippen molar-refractivity contribution in [1.82, 2.24) is 9.30 Å². The molecule has 0 N–H and O–H groups in total. The molecule has 0 spiro atoms. The van der Waals surface area contributed by atoms with Crippen LogP contribution in [0.3, 0.4) is 0 Å². The molecule has 2 unspecified atom stereocenters. The number of hydrogen-bond donors (Lipinski definition) is 0. The third-order valence-corrected chi connectivity index (χ3v) is 5.82. The van der Waals surface area contributed by atoms with E-state index in [1.165, 1.54) is 19.6 Å². The minimum atomic E-state index is -0.607. The first-order valence-corrected chi connectivity index (χ1v) is 8.85. The second-order valence-corrected chi connectivity index (χ2v) is 7.60. The smallest absolute Gasteiger partial charge is 0.365 e. The zero-order chi connectivity index (χ0) is 17.3. The molecule has 3 fully saturated rings. The lowest BCUT2D eigenvalue weighted by Crippen LogP contribution is -2.43. The van der Waals surface area contributed by atoms with Gasteiger partial charge in [-0.05, 0) is 49.1 Å². The van der Waals surface area contributed by atoms with Crippen molar-refractivity contribution < 1.29 is 9.23 Å². The topological polar surface area (TPSA) is 56.5 Å². The lowest BCUT2D eigenvalue weighted by Gasteiger charge is -2.22. The predicted molar refractivity (Wildman–Crippen MR) is 91.5 cm³/mol. The lowest BCUT2D eigenvalue weighted by molar-refractivity contribution is 0.141. The highest BCUT2D eigenvalue weighted by Gasteiger charge is 2.45. The van der Waals surface area contributed by atoms with Crippen molar-refractivity contribution in [2.24, 2.45) is 17.8 Å². The van der Waals surface area contributed by atoms with Crippen molar-refractivity contribution in [2.45, 2.75) is 25.8 Å². The van der Waals surface area contributed by atoms with Crippen LogP contribution in [0.15, 0.2) is 21.7 Å². The summed E-state index contributed by atoms with van der Waals surface area (Å²) in [6, 6.07) is 2.94. The number of nitrogens with zero attached hydrogens (tertiary/aromatic N) is 3. The second-order valence-electron chi connectivity index (χ2n) is 7.60. The number of piperidine rings is 1. The van der Waals surface area contributed by atoms with E-state index in [9.17, 15) is 14.0 Å². The van der Waals surface area contributed by atoms with E-state index in [-0.39, 0.29) is 5.39 Å². The molecule has 25 heavy (non-hydrogen) atoms. The summed E-state index contributed by atoms with van der Waals surface area (Å²) >= 11 is 0. The monoisotopic (exact) mass is 345 g/mol. The Labute approximate surface area is 143 Å². The second kappa shape index (κ2) is 5.09. The molecule has 0 amide bonds. The number of rotatable bonds is 4. The molecular formula is C18H20FN3O3. The molecule has 3 aliphatic rings. The van der Waals surface area contributed by atoms with Crippen LogP contribution < -0.4 is 21.0 Å². The van der Waals surface area contributed by atoms with Crippen molar-refractivity contribution in [1.29, 1.82) is 0 Å². The average Bonchev–Trinajstić information content (AvgIpc) is 3.52. The first-order chi connectivity index (χ1) is 12.1. The van der Waals surface area contributed by atoms with Gasteiger partial charge >= 0.3 is 5.69 Å². The number of hydrogen-bond acceptors (Lipinski definition) is 4. The molecule has 1 aromatic carbocycles. The van der Waals surface area contributed by atoms with Gasteiger partial charge in [0.15, 0.2) is 0 Å². The highest BCUT2D eigenvalue weighted by atomic mass is 19.1. The summed E-state index contributed by atoms with van der Waals surface area (Å²) < 4.78 is 17.0. The molecule has 5 rings (SSSR count). The first kappa shape index (κ1) is 15.0. The van der Waals surface area contributed by atoms with E-state index in [0.717, 1.165) is 30.7 Å². The van der Waals surface area contributed by atoms with Gasteiger partial charge in [-0.15, -0.1) is 0 Å². The number of aromatic nitrogens is 2. The van der Waals surface area contributed by atoms with Gasteiger partial charge in [0.25, 0.3) is 5.56 Å². The Morgan fingerprint density at radius 3 is 2.56 bits per heavy atom. The van der Waals surface area contributed by atoms with Gasteiger partial charge in [-0.3, -0.25) is 9.36 Å². The van der Waals surface area contributed by atoms with Gasteiger partial charge in [-0.1, -0.05) is 4.73 Å². The largest absolute Gasteiger partial charge is 0.409 e. The fourth-order valence-corrected chi connectivity index (χ4v) is 4.09. The third kappa shape index (κ3) is 2.28. The molecule has 0 bridgehead atoms. The van der Waals surface area contributed by atoms with Gasteiger partial charge in [0.05, 0.1) is 16.6 Å². The van der Waals surface area contributed by atoms with Crippen LogP contribution in [-0.4, -0.2) is 29.5 Å². The maximum absolute atomic E-state index is 14.7. The van der Waals surface area contributed by atoms with E-state index in [4.69, 9.17) is 4.84 Å². The summed E-state index contributed by atoms with van der Waals surface area (Å²) in [4.78, 5) is 32.2. The van der Waals surface area contributed by atoms with Crippen molar-refractivity contribution in [2.75, 3.05) is 25.1 Å². The van der Waals surface area contributed by atoms with Gasteiger partial charge in [0.2, 0.25) is 0 Å². The zero-order valence-corrected chi connectivity index (χ0v) is 14.1. The molecule has 1 aromatic heterocycles. The minimum Gasteiger partial charge on any atom is -0.409 e. The number of anilines is 1. The Balaban J connectivity index is 1.73. The van der Waals surface area contributed by atoms with Crippen molar-refractivity contribution >= 4 is 16.6 Å². The quantitative estimate of drug-likeness (QED) is 0.836. The van der Waals surface area contributed by atoms with Gasteiger partial charge < -0.3 is 9.74 Å². The minimum absolute atomic E-state index is 0.188. The lowest BCUT2D eigenvalue weighted by atomic mass is 10.2. The Morgan fingerprint density at radius 1 is 1.20 bits per heavy atom. The van der Waals surface area contributed by atoms with Crippen LogP contribution in [0.25, 0.3) is 10.9 Å². The van der Waals surface area contributed by atoms with Crippen molar-refractivity contribution in [3.05, 3.63) is 38.8 Å². The van der Waals surface area contributed by atoms with Gasteiger partial charge in [-0.25, -0.2) is 9.18 Å². The van der Waals surface area contributed by atoms with E-state index in [2.05, 4.69) is 0 Å². The van der Waals surface area contributed by atoms with Crippen molar-refractivity contribution in [3.63, 3.8) is 0 Å². The zero-order valence-electron chi connectivity index (χ0n) is 14.1. The van der Waals surface area contributed by atoms with Crippen LogP contribution >= 0.6 is 0 Å². The van der Waals surface area contributed by atoms with E-state index >= 15 is 0 Å². The molecule has 2 aliphatic carbocycles. The highest BCUT2D eigenvalue weighted by Crippen LogP contribution is 2.46. The van der Waals surface area contributed by atoms with Gasteiger partial charge in [0, 0.05) is 19.6 Å². The fourth-order valence-electron chi connectivity index (χ4n) is 4.09. The molecule has 2 atom stereocenters. The first-order valence-electron chi connectivity index (χ1n) is 8.85. The molecule has 132 valence electrons. The Bertz CT molecular complexity index is 982. The molecule has 1 saturated heterocycles. The summed E-state index contributed by atoms with van der Waals surface area (Å²) in [6.07, 6.45) is 3.38. The molecule has 2 heterocycles. The highest BCUT2D eigenvalue weighted by molar-refractivity contribution is 5.82. The third-order valence-electron chi connectivity index (χ3n) is 5.82. The summed E-state index contributed by atoms with van der Waals surface area (Å²) in [5, 5.41) is 0.188. The van der Waals surface area contributed by atoms with Crippen molar-refractivity contribution in [3.8, 4) is 0 Å². The molecule has 2 saturated carbocycles. The summed E-state index contributed by atoms with van der Waals surface area (Å²) in [5.41, 5.74) is -0.0941. The maximum Gasteiger partial charge on any atom is 0.365 e. The number of benzene rings is 1. The summed E-state index contributed by atoms with van der Waals surface area (Å²) in [7, 11) is 1.28. The SMILES string of the molecule is COn1c(=O)c2cc(F)c(N3CC4CC4C3)cc2n(CC2CC2)c1=O. The summed E-state index contributed by atoms with van der Waals surface area (Å²) in [5.74, 6) is 1.37. The molecule has 2 aromatic rings. The van der Waals surface area contributed by atoms with Crippen LogP contribution in [0.5, 0.6) is 0 Å². The maximum atomic E-state index is 14.7. The predicted octanol–water partition coefficient (Wildman–Crippen LogP) is 1.23. The van der Waals surface area contributed by atoms with Crippen LogP contribution in [0.4, 0.5) is 10.1 Å². The standard InChI is InChI=1S/C18H20FN3O3/c1-25-22-17(23)13-5-14(19)16(20-8-11-4-12(11)9-20)6-15(13)21(18(22)24)7-10-2-3-10/h5-6,10-12H,2-4,7-9H2,1H3. The number of fused-ring (bicyclic) bond motifs is 2. The van der Waals surface area contributed by atoms with Crippen LogP contribution in [0.2, 0.25) is 0 Å². The van der Waals surface area contributed by atoms with Crippen LogP contribution in [0.1, 0.15) is 19.3 Å². The molecule has 6 nitrogen and oxygen atoms in total. The molecule has 7 heteroatoms. The van der Waals surface area contributed by atoms with Gasteiger partial charge in [0.1, 0.15) is 12.9 Å². The molecular weight excluding hydrogens is 325 g/mol. The van der Waals surface area contributed by atoms with E-state index in [1.807, 2.05) is 4.90 Å². The Hall–Kier alpha value is -2.31. The van der Waals surface area contributed by atoms with E-state index in [1.54, 1.807) is 10.6 Å².